The summed E-state index contributed by atoms with van der Waals surface area (Å²) in [4.78, 5) is 28.0. The van der Waals surface area contributed by atoms with E-state index in [9.17, 15) is 9.59 Å². The van der Waals surface area contributed by atoms with E-state index in [2.05, 4.69) is 21.7 Å². The second-order valence-electron chi connectivity index (χ2n) is 7.56. The maximum atomic E-state index is 12.3. The molecule has 34 heavy (non-hydrogen) atoms. The molecule has 176 valence electrons. The van der Waals surface area contributed by atoms with Gasteiger partial charge in [-0.1, -0.05) is 24.3 Å². The lowest BCUT2D eigenvalue weighted by Gasteiger charge is -2.13. The van der Waals surface area contributed by atoms with Gasteiger partial charge in [-0.05, 0) is 31.0 Å². The van der Waals surface area contributed by atoms with Crippen LogP contribution < -0.4 is 20.1 Å². The summed E-state index contributed by atoms with van der Waals surface area (Å²) in [6.07, 6.45) is 0.796. The molecule has 0 saturated heterocycles. The lowest BCUT2D eigenvalue weighted by molar-refractivity contribution is -0.119. The van der Waals surface area contributed by atoms with E-state index in [1.165, 1.54) is 25.4 Å². The Balaban J connectivity index is 1.47. The van der Waals surface area contributed by atoms with Crippen LogP contribution in [-0.4, -0.2) is 30.5 Å². The van der Waals surface area contributed by atoms with Crippen molar-refractivity contribution in [1.82, 2.24) is 10.3 Å². The molecule has 9 heteroatoms. The predicted octanol–water partition coefficient (Wildman–Crippen LogP) is 4.69. The van der Waals surface area contributed by atoms with Crippen LogP contribution in [-0.2, 0) is 9.59 Å². The number of carbonyl (C=O) groups excluding carboxylic acids is 2. The van der Waals surface area contributed by atoms with Crippen molar-refractivity contribution in [2.24, 2.45) is 0 Å². The molecule has 1 aromatic heterocycles. The van der Waals surface area contributed by atoms with Gasteiger partial charge in [-0.3, -0.25) is 9.59 Å². The van der Waals surface area contributed by atoms with Gasteiger partial charge in [0, 0.05) is 30.4 Å². The minimum atomic E-state index is -0.143. The summed E-state index contributed by atoms with van der Waals surface area (Å²) in [5.41, 5.74) is 3.20. The van der Waals surface area contributed by atoms with E-state index in [0.29, 0.717) is 35.2 Å². The third-order valence-electron chi connectivity index (χ3n) is 4.98. The number of anilines is 1. The molecule has 3 rings (SSSR count). The molecule has 2 aromatic carbocycles. The third-order valence-corrected chi connectivity index (χ3v) is 5.73. The lowest BCUT2D eigenvalue weighted by Crippen LogP contribution is -2.23. The van der Waals surface area contributed by atoms with Crippen LogP contribution >= 0.6 is 11.3 Å². The van der Waals surface area contributed by atoms with E-state index >= 15 is 0 Å². The highest BCUT2D eigenvalue weighted by Crippen LogP contribution is 2.28. The minimum Gasteiger partial charge on any atom is -0.493 e. The average Bonchev–Trinajstić information content (AvgIpc) is 3.29. The van der Waals surface area contributed by atoms with E-state index in [-0.39, 0.29) is 24.3 Å². The molecule has 3 aromatic rings. The minimum absolute atomic E-state index is 0.0705. The van der Waals surface area contributed by atoms with Crippen LogP contribution in [0.25, 0.3) is 11.3 Å². The van der Waals surface area contributed by atoms with E-state index in [0.717, 1.165) is 16.8 Å². The number of nitrogens with one attached hydrogen (secondary N) is 2. The molecular formula is C25H26N4O4S. The fourth-order valence-electron chi connectivity index (χ4n) is 3.25. The van der Waals surface area contributed by atoms with E-state index < -0.39 is 0 Å². The predicted molar refractivity (Wildman–Crippen MR) is 131 cm³/mol. The highest BCUT2D eigenvalue weighted by molar-refractivity contribution is 7.14. The zero-order chi connectivity index (χ0) is 24.5. The van der Waals surface area contributed by atoms with Crippen LogP contribution in [0.3, 0.4) is 0 Å². The summed E-state index contributed by atoms with van der Waals surface area (Å²) in [5, 5.41) is 17.1. The highest BCUT2D eigenvalue weighted by atomic mass is 32.1. The van der Waals surface area contributed by atoms with Crippen LogP contribution in [0, 0.1) is 11.3 Å². The maximum absolute atomic E-state index is 12.3. The second kappa shape index (κ2) is 11.8. The smallest absolute Gasteiger partial charge is 0.226 e. The summed E-state index contributed by atoms with van der Waals surface area (Å²) in [5.74, 6) is 0.799. The van der Waals surface area contributed by atoms with Crippen molar-refractivity contribution in [2.75, 3.05) is 19.0 Å². The third kappa shape index (κ3) is 6.80. The number of hydrogen-bond donors (Lipinski definition) is 2. The van der Waals surface area contributed by atoms with Gasteiger partial charge in [-0.25, -0.2) is 4.98 Å². The van der Waals surface area contributed by atoms with Gasteiger partial charge < -0.3 is 20.1 Å². The SMILES string of the molecule is COc1cc(C#N)ccc1OCCCC(=O)Nc1nc(-c2ccc(C(C)NC(C)=O)cc2)cs1. The van der Waals surface area contributed by atoms with Crippen LogP contribution in [0.4, 0.5) is 5.13 Å². The van der Waals surface area contributed by atoms with Crippen LogP contribution in [0.15, 0.2) is 47.8 Å². The van der Waals surface area contributed by atoms with E-state index in [1.807, 2.05) is 36.6 Å². The molecule has 0 aliphatic rings. The molecule has 0 spiro atoms. The van der Waals surface area contributed by atoms with Crippen molar-refractivity contribution in [3.05, 3.63) is 59.0 Å². The second-order valence-corrected chi connectivity index (χ2v) is 8.42. The van der Waals surface area contributed by atoms with Crippen molar-refractivity contribution in [2.45, 2.75) is 32.7 Å². The number of nitriles is 1. The topological polar surface area (TPSA) is 113 Å². The zero-order valence-electron chi connectivity index (χ0n) is 19.3. The summed E-state index contributed by atoms with van der Waals surface area (Å²) < 4.78 is 10.9. The summed E-state index contributed by atoms with van der Waals surface area (Å²) >= 11 is 1.36. The fraction of sp³-hybridized carbons (Fsp3) is 0.280. The number of benzene rings is 2. The van der Waals surface area contributed by atoms with E-state index in [4.69, 9.17) is 14.7 Å². The largest absolute Gasteiger partial charge is 0.493 e. The molecule has 1 heterocycles. The Hall–Kier alpha value is -3.90. The van der Waals surface area contributed by atoms with Gasteiger partial charge in [0.1, 0.15) is 0 Å². The summed E-state index contributed by atoms with van der Waals surface area (Å²) in [6.45, 7) is 3.76. The standard InChI is InChI=1S/C25H26N4O4S/c1-16(27-17(2)30)19-7-9-20(10-8-19)21-15-34-25(28-21)29-24(31)5-4-12-33-22-11-6-18(14-26)13-23(22)32-3/h6-11,13,15-16H,4-5,12H2,1-3H3,(H,27,30)(H,28,29,31). The lowest BCUT2D eigenvalue weighted by atomic mass is 10.1. The summed E-state index contributed by atoms with van der Waals surface area (Å²) in [6, 6.07) is 14.7. The maximum Gasteiger partial charge on any atom is 0.226 e. The molecule has 2 amide bonds. The number of nitrogens with zero attached hydrogens (tertiary/aromatic N) is 2. The number of thiazole rings is 1. The van der Waals surface area contributed by atoms with E-state index in [1.54, 1.807) is 18.2 Å². The monoisotopic (exact) mass is 478 g/mol. The van der Waals surface area contributed by atoms with Gasteiger partial charge in [-0.2, -0.15) is 5.26 Å². The molecule has 0 fully saturated rings. The number of amides is 2. The van der Waals surface area contributed by atoms with Crippen molar-refractivity contribution >= 4 is 28.3 Å². The normalized spacial score (nSPS) is 11.2. The first kappa shape index (κ1) is 24.7. The van der Waals surface area contributed by atoms with Crippen LogP contribution in [0.5, 0.6) is 11.5 Å². The molecule has 0 aliphatic heterocycles. The molecule has 0 radical (unpaired) electrons. The number of ether oxygens (including phenoxy) is 2. The number of hydrogen-bond acceptors (Lipinski definition) is 7. The number of methoxy groups -OCH3 is 1. The number of aromatic nitrogens is 1. The first-order chi connectivity index (χ1) is 16.4. The Bertz CT molecular complexity index is 1180. The molecule has 2 N–H and O–H groups in total. The Kier molecular flexibility index (Phi) is 8.60. The van der Waals surface area contributed by atoms with Gasteiger partial charge in [-0.15, -0.1) is 11.3 Å². The molecule has 0 bridgehead atoms. The zero-order valence-corrected chi connectivity index (χ0v) is 20.1. The Morgan fingerprint density at radius 2 is 1.94 bits per heavy atom. The van der Waals surface area contributed by atoms with Crippen LogP contribution in [0.2, 0.25) is 0 Å². The van der Waals surface area contributed by atoms with Crippen molar-refractivity contribution < 1.29 is 19.1 Å². The first-order valence-corrected chi connectivity index (χ1v) is 11.6. The highest BCUT2D eigenvalue weighted by Gasteiger charge is 2.11. The van der Waals surface area contributed by atoms with Crippen molar-refractivity contribution in [3.8, 4) is 28.8 Å². The quantitative estimate of drug-likeness (QED) is 0.409. The fourth-order valence-corrected chi connectivity index (χ4v) is 3.98. The van der Waals surface area contributed by atoms with Crippen LogP contribution in [0.1, 0.15) is 43.9 Å². The first-order valence-electron chi connectivity index (χ1n) is 10.7. The van der Waals surface area contributed by atoms with Gasteiger partial charge in [0.25, 0.3) is 0 Å². The van der Waals surface area contributed by atoms with Gasteiger partial charge in [0.05, 0.1) is 37.1 Å². The number of rotatable bonds is 10. The average molecular weight is 479 g/mol. The number of carbonyl (C=O) groups is 2. The molecule has 1 unspecified atom stereocenters. The van der Waals surface area contributed by atoms with Gasteiger partial charge in [0.15, 0.2) is 16.6 Å². The molecular weight excluding hydrogens is 452 g/mol. The van der Waals surface area contributed by atoms with Crippen molar-refractivity contribution in [1.29, 1.82) is 5.26 Å². The van der Waals surface area contributed by atoms with Gasteiger partial charge >= 0.3 is 0 Å². The molecule has 8 nitrogen and oxygen atoms in total. The molecule has 0 saturated carbocycles. The Morgan fingerprint density at radius 3 is 2.62 bits per heavy atom. The molecule has 1 atom stereocenters. The Morgan fingerprint density at radius 1 is 1.18 bits per heavy atom. The van der Waals surface area contributed by atoms with Gasteiger partial charge in [0.2, 0.25) is 11.8 Å². The molecule has 0 aliphatic carbocycles. The van der Waals surface area contributed by atoms with Crippen molar-refractivity contribution in [3.63, 3.8) is 0 Å². The Labute approximate surface area is 202 Å². The summed E-state index contributed by atoms with van der Waals surface area (Å²) in [7, 11) is 1.51.